The molecule has 1 aliphatic rings. The molecule has 10 aromatic rings. The molecule has 264 valence electrons. The quantitative estimate of drug-likeness (QED) is 0.169. The molecule has 4 aromatic heterocycles. The molecule has 1 aliphatic carbocycles. The number of allylic oxidation sites excluding steroid dienone is 4. The van der Waals surface area contributed by atoms with Gasteiger partial charge in [0.2, 0.25) is 0 Å². The lowest BCUT2D eigenvalue weighted by Gasteiger charge is -2.12. The van der Waals surface area contributed by atoms with Crippen molar-refractivity contribution < 1.29 is 0 Å². The number of hydrogen-bond donors (Lipinski definition) is 0. The molecule has 4 heterocycles. The van der Waals surface area contributed by atoms with Gasteiger partial charge in [0.15, 0.2) is 23.3 Å². The summed E-state index contributed by atoms with van der Waals surface area (Å²) in [5, 5.41) is 3.50. The highest BCUT2D eigenvalue weighted by atomic mass is 32.1. The van der Waals surface area contributed by atoms with Crippen molar-refractivity contribution in [3.8, 4) is 56.7 Å². The molecule has 0 bridgehead atoms. The fourth-order valence-corrected chi connectivity index (χ4v) is 10.2. The zero-order valence-electron chi connectivity index (χ0n) is 30.1. The second-order valence-corrected chi connectivity index (χ2v) is 16.0. The number of nitrogens with zero attached hydrogens (tertiary/aromatic N) is 5. The van der Waals surface area contributed by atoms with E-state index in [4.69, 9.17) is 24.9 Å². The Morgan fingerprint density at radius 1 is 0.446 bits per heavy atom. The minimum Gasteiger partial charge on any atom is -0.227 e. The summed E-state index contributed by atoms with van der Waals surface area (Å²) in [4.78, 5) is 25.7. The van der Waals surface area contributed by atoms with Crippen LogP contribution in [0.4, 0.5) is 0 Å². The lowest BCUT2D eigenvalue weighted by atomic mass is 9.98. The molecular weight excluding hydrogens is 723 g/mol. The van der Waals surface area contributed by atoms with Crippen molar-refractivity contribution in [3.05, 3.63) is 170 Å². The SMILES string of the molecule is C1=CCCC(c2nc(-c3cccc(-c4cccc5c4sc4cccc(-c6nc(-c7ccccc7)nc(-c7ccccc7)n6)c45)c3)nc3c2sc2ccccc23)=C1. The van der Waals surface area contributed by atoms with Crippen LogP contribution in [0, 0.1) is 0 Å². The number of rotatable bonds is 6. The number of aromatic nitrogens is 5. The molecular formula is C49H31N5S2. The molecule has 0 atom stereocenters. The van der Waals surface area contributed by atoms with Crippen molar-refractivity contribution in [2.75, 3.05) is 0 Å². The third kappa shape index (κ3) is 5.63. The molecule has 0 fully saturated rings. The summed E-state index contributed by atoms with van der Waals surface area (Å²) < 4.78 is 4.79. The second kappa shape index (κ2) is 13.6. The Bertz CT molecular complexity index is 3140. The van der Waals surface area contributed by atoms with Gasteiger partial charge in [0, 0.05) is 52.5 Å². The maximum Gasteiger partial charge on any atom is 0.164 e. The van der Waals surface area contributed by atoms with Gasteiger partial charge in [0.1, 0.15) is 0 Å². The van der Waals surface area contributed by atoms with Gasteiger partial charge in [-0.1, -0.05) is 146 Å². The number of hydrogen-bond acceptors (Lipinski definition) is 7. The summed E-state index contributed by atoms with van der Waals surface area (Å²) in [6.07, 6.45) is 8.58. The Hall–Kier alpha value is -6.67. The summed E-state index contributed by atoms with van der Waals surface area (Å²) in [5.41, 5.74) is 9.52. The van der Waals surface area contributed by atoms with Gasteiger partial charge >= 0.3 is 0 Å². The summed E-state index contributed by atoms with van der Waals surface area (Å²) in [6.45, 7) is 0. The highest BCUT2D eigenvalue weighted by molar-refractivity contribution is 7.26. The van der Waals surface area contributed by atoms with E-state index < -0.39 is 0 Å². The Balaban J connectivity index is 1.07. The second-order valence-electron chi connectivity index (χ2n) is 13.9. The molecule has 0 radical (unpaired) electrons. The smallest absolute Gasteiger partial charge is 0.164 e. The maximum absolute atomic E-state index is 5.31. The number of fused-ring (bicyclic) bond motifs is 6. The predicted octanol–water partition coefficient (Wildman–Crippen LogP) is 13.5. The van der Waals surface area contributed by atoms with Crippen LogP contribution in [0.5, 0.6) is 0 Å². The van der Waals surface area contributed by atoms with Crippen LogP contribution in [-0.4, -0.2) is 24.9 Å². The zero-order chi connectivity index (χ0) is 37.0. The Labute approximate surface area is 331 Å². The van der Waals surface area contributed by atoms with Crippen molar-refractivity contribution in [2.24, 2.45) is 0 Å². The molecule has 5 nitrogen and oxygen atoms in total. The average molecular weight is 754 g/mol. The van der Waals surface area contributed by atoms with E-state index in [1.54, 1.807) is 22.7 Å². The van der Waals surface area contributed by atoms with E-state index >= 15 is 0 Å². The van der Waals surface area contributed by atoms with Crippen LogP contribution in [0.1, 0.15) is 18.5 Å². The molecule has 7 heteroatoms. The first-order valence-corrected chi connectivity index (χ1v) is 20.4. The third-order valence-electron chi connectivity index (χ3n) is 10.4. The van der Waals surface area contributed by atoms with Crippen molar-refractivity contribution in [2.45, 2.75) is 12.8 Å². The number of thiophene rings is 2. The molecule has 0 aliphatic heterocycles. The molecule has 56 heavy (non-hydrogen) atoms. The normalized spacial score (nSPS) is 12.9. The van der Waals surface area contributed by atoms with Crippen molar-refractivity contribution >= 4 is 68.7 Å². The molecule has 0 unspecified atom stereocenters. The molecule has 6 aromatic carbocycles. The van der Waals surface area contributed by atoms with Gasteiger partial charge in [0.05, 0.1) is 15.9 Å². The summed E-state index contributed by atoms with van der Waals surface area (Å²) in [5.74, 6) is 2.71. The zero-order valence-corrected chi connectivity index (χ0v) is 31.7. The van der Waals surface area contributed by atoms with Crippen LogP contribution in [-0.2, 0) is 0 Å². The first kappa shape index (κ1) is 32.7. The summed E-state index contributed by atoms with van der Waals surface area (Å²) in [7, 11) is 0. The van der Waals surface area contributed by atoms with Gasteiger partial charge in [-0.3, -0.25) is 0 Å². The standard InChI is InChI=1S/C49H31N5S2/c1-4-15-30(16-5-1)42-45-43(36-23-10-11-27-39(36)55-45)51-48(50-42)34-22-12-21-33(29-34)35-24-13-25-37-41-38(26-14-28-40(41)56-44(35)37)49-53-46(31-17-6-2-7-18-31)52-47(54-49)32-19-8-3-9-20-32/h1-4,6-15,17-29H,5,16H2. The Morgan fingerprint density at radius 3 is 1.84 bits per heavy atom. The van der Waals surface area contributed by atoms with E-state index in [2.05, 4.69) is 103 Å². The third-order valence-corrected chi connectivity index (χ3v) is 12.8. The van der Waals surface area contributed by atoms with Gasteiger partial charge in [0.25, 0.3) is 0 Å². The predicted molar refractivity (Wildman–Crippen MR) is 235 cm³/mol. The van der Waals surface area contributed by atoms with Crippen molar-refractivity contribution in [1.29, 1.82) is 0 Å². The molecule has 0 spiro atoms. The molecule has 0 saturated carbocycles. The topological polar surface area (TPSA) is 64.5 Å². The summed E-state index contributed by atoms with van der Waals surface area (Å²) in [6, 6.07) is 50.6. The van der Waals surface area contributed by atoms with Crippen LogP contribution in [0.25, 0.3) is 103 Å². The average Bonchev–Trinajstić information content (AvgIpc) is 3.86. The molecule has 0 N–H and O–H groups in total. The van der Waals surface area contributed by atoms with Gasteiger partial charge < -0.3 is 0 Å². The van der Waals surface area contributed by atoms with Crippen LogP contribution in [0.2, 0.25) is 0 Å². The lowest BCUT2D eigenvalue weighted by molar-refractivity contribution is 1.04. The monoisotopic (exact) mass is 753 g/mol. The van der Waals surface area contributed by atoms with Crippen LogP contribution in [0.3, 0.4) is 0 Å². The largest absolute Gasteiger partial charge is 0.227 e. The van der Waals surface area contributed by atoms with E-state index in [1.807, 2.05) is 60.7 Å². The fourth-order valence-electron chi connectivity index (χ4n) is 7.75. The molecule has 0 amide bonds. The van der Waals surface area contributed by atoms with Gasteiger partial charge in [-0.05, 0) is 47.7 Å². The van der Waals surface area contributed by atoms with Crippen LogP contribution < -0.4 is 0 Å². The van der Waals surface area contributed by atoms with E-state index in [1.165, 1.54) is 36.0 Å². The van der Waals surface area contributed by atoms with E-state index in [9.17, 15) is 0 Å². The van der Waals surface area contributed by atoms with Gasteiger partial charge in [-0.15, -0.1) is 22.7 Å². The first-order valence-electron chi connectivity index (χ1n) is 18.7. The lowest BCUT2D eigenvalue weighted by Crippen LogP contribution is -2.00. The number of benzene rings is 6. The Morgan fingerprint density at radius 2 is 1.05 bits per heavy atom. The highest BCUT2D eigenvalue weighted by Crippen LogP contribution is 2.45. The van der Waals surface area contributed by atoms with E-state index in [-0.39, 0.29) is 0 Å². The Kier molecular flexibility index (Phi) is 7.93. The first-order chi connectivity index (χ1) is 27.7. The van der Waals surface area contributed by atoms with Gasteiger partial charge in [-0.25, -0.2) is 24.9 Å². The minimum atomic E-state index is 0.652. The van der Waals surface area contributed by atoms with Crippen LogP contribution >= 0.6 is 22.7 Å². The minimum absolute atomic E-state index is 0.652. The van der Waals surface area contributed by atoms with Crippen molar-refractivity contribution in [3.63, 3.8) is 0 Å². The molecule has 11 rings (SSSR count). The molecule has 0 saturated heterocycles. The highest BCUT2D eigenvalue weighted by Gasteiger charge is 2.21. The fraction of sp³-hybridized carbons (Fsp3) is 0.0408. The maximum atomic E-state index is 5.31. The van der Waals surface area contributed by atoms with Gasteiger partial charge in [-0.2, -0.15) is 0 Å². The van der Waals surface area contributed by atoms with Crippen molar-refractivity contribution in [1.82, 2.24) is 24.9 Å². The van der Waals surface area contributed by atoms with E-state index in [0.29, 0.717) is 17.5 Å². The van der Waals surface area contributed by atoms with E-state index in [0.717, 1.165) is 67.8 Å². The van der Waals surface area contributed by atoms with Crippen LogP contribution in [0.15, 0.2) is 164 Å². The summed E-state index contributed by atoms with van der Waals surface area (Å²) >= 11 is 3.59.